The Labute approximate surface area is 143 Å². The van der Waals surface area contributed by atoms with Crippen LogP contribution in [0, 0.1) is 12.8 Å². The summed E-state index contributed by atoms with van der Waals surface area (Å²) in [5.74, 6) is 0.678. The number of benzene rings is 1. The van der Waals surface area contributed by atoms with Crippen molar-refractivity contribution in [2.24, 2.45) is 11.7 Å². The van der Waals surface area contributed by atoms with E-state index in [4.69, 9.17) is 10.5 Å². The number of amides is 1. The number of aryl methyl sites for hydroxylation is 1. The third-order valence-corrected chi connectivity index (χ3v) is 4.50. The van der Waals surface area contributed by atoms with E-state index < -0.39 is 5.54 Å². The lowest BCUT2D eigenvalue weighted by atomic mass is 9.88. The number of ether oxygens (including phenoxy) is 1. The third-order valence-electron chi connectivity index (χ3n) is 4.50. The summed E-state index contributed by atoms with van der Waals surface area (Å²) in [6.45, 7) is 8.36. The van der Waals surface area contributed by atoms with Gasteiger partial charge in [0.25, 0.3) is 5.91 Å². The Morgan fingerprint density at radius 1 is 1.42 bits per heavy atom. The van der Waals surface area contributed by atoms with Gasteiger partial charge in [0.05, 0.1) is 12.6 Å². The second-order valence-corrected chi connectivity index (χ2v) is 6.55. The molecule has 3 N–H and O–H groups in total. The summed E-state index contributed by atoms with van der Waals surface area (Å²) in [4.78, 5) is 12.5. The maximum atomic E-state index is 12.5. The SMILES string of the molecule is COc1ccc(C)cc1-n1ccc(C(=O)NC(C)(CN)C(C)C)n1. The molecule has 1 heterocycles. The van der Waals surface area contributed by atoms with Gasteiger partial charge in [-0.1, -0.05) is 19.9 Å². The maximum absolute atomic E-state index is 12.5. The predicted molar refractivity (Wildman–Crippen MR) is 94.6 cm³/mol. The second-order valence-electron chi connectivity index (χ2n) is 6.55. The molecule has 6 nitrogen and oxygen atoms in total. The number of hydrogen-bond donors (Lipinski definition) is 2. The molecule has 1 aromatic heterocycles. The molecule has 0 saturated heterocycles. The van der Waals surface area contributed by atoms with Crippen LogP contribution in [0.4, 0.5) is 0 Å². The highest BCUT2D eigenvalue weighted by molar-refractivity contribution is 5.92. The topological polar surface area (TPSA) is 82.2 Å². The molecule has 0 spiro atoms. The van der Waals surface area contributed by atoms with Crippen LogP contribution in [0.15, 0.2) is 30.5 Å². The van der Waals surface area contributed by atoms with Crippen molar-refractivity contribution in [3.05, 3.63) is 41.7 Å². The summed E-state index contributed by atoms with van der Waals surface area (Å²) < 4.78 is 7.02. The van der Waals surface area contributed by atoms with Gasteiger partial charge in [0.1, 0.15) is 11.4 Å². The van der Waals surface area contributed by atoms with Gasteiger partial charge in [-0.15, -0.1) is 0 Å². The number of hydrogen-bond acceptors (Lipinski definition) is 4. The Hall–Kier alpha value is -2.34. The smallest absolute Gasteiger partial charge is 0.272 e. The third kappa shape index (κ3) is 3.59. The average Bonchev–Trinajstić information content (AvgIpc) is 3.04. The quantitative estimate of drug-likeness (QED) is 0.851. The predicted octanol–water partition coefficient (Wildman–Crippen LogP) is 2.29. The second kappa shape index (κ2) is 7.05. The molecule has 130 valence electrons. The fourth-order valence-electron chi connectivity index (χ4n) is 2.31. The van der Waals surface area contributed by atoms with Crippen molar-refractivity contribution in [3.8, 4) is 11.4 Å². The molecular formula is C18H26N4O2. The Morgan fingerprint density at radius 2 is 2.12 bits per heavy atom. The standard InChI is InChI=1S/C18H26N4O2/c1-12(2)18(4,11-19)20-17(23)14-8-9-22(21-14)15-10-13(3)6-7-16(15)24-5/h6-10,12H,11,19H2,1-5H3,(H,20,23). The summed E-state index contributed by atoms with van der Waals surface area (Å²) in [7, 11) is 1.61. The van der Waals surface area contributed by atoms with E-state index in [9.17, 15) is 4.79 Å². The van der Waals surface area contributed by atoms with Crippen molar-refractivity contribution >= 4 is 5.91 Å². The summed E-state index contributed by atoms with van der Waals surface area (Å²) >= 11 is 0. The van der Waals surface area contributed by atoms with Gasteiger partial charge in [-0.25, -0.2) is 4.68 Å². The highest BCUT2D eigenvalue weighted by Gasteiger charge is 2.29. The number of nitrogens with one attached hydrogen (secondary N) is 1. The molecule has 6 heteroatoms. The van der Waals surface area contributed by atoms with Crippen LogP contribution in [0.1, 0.15) is 36.8 Å². The molecule has 0 radical (unpaired) electrons. The zero-order valence-corrected chi connectivity index (χ0v) is 15.0. The number of nitrogens with zero attached hydrogens (tertiary/aromatic N) is 2. The van der Waals surface area contributed by atoms with Crippen molar-refractivity contribution in [1.29, 1.82) is 0 Å². The lowest BCUT2D eigenvalue weighted by Gasteiger charge is -2.33. The minimum absolute atomic E-state index is 0.213. The molecule has 0 bridgehead atoms. The lowest BCUT2D eigenvalue weighted by molar-refractivity contribution is 0.0877. The van der Waals surface area contributed by atoms with Crippen LogP contribution in [0.2, 0.25) is 0 Å². The minimum atomic E-state index is -0.470. The molecular weight excluding hydrogens is 304 g/mol. The fourth-order valence-corrected chi connectivity index (χ4v) is 2.31. The van der Waals surface area contributed by atoms with Crippen molar-refractivity contribution in [2.45, 2.75) is 33.2 Å². The number of aromatic nitrogens is 2. The van der Waals surface area contributed by atoms with E-state index in [1.165, 1.54) is 0 Å². The minimum Gasteiger partial charge on any atom is -0.494 e. The molecule has 0 fully saturated rings. The van der Waals surface area contributed by atoms with Crippen molar-refractivity contribution < 1.29 is 9.53 Å². The van der Waals surface area contributed by atoms with Gasteiger partial charge in [0, 0.05) is 12.7 Å². The maximum Gasteiger partial charge on any atom is 0.272 e. The lowest BCUT2D eigenvalue weighted by Crippen LogP contribution is -2.55. The van der Waals surface area contributed by atoms with Gasteiger partial charge in [0.15, 0.2) is 5.69 Å². The Balaban J connectivity index is 2.28. The molecule has 24 heavy (non-hydrogen) atoms. The highest BCUT2D eigenvalue weighted by atomic mass is 16.5. The van der Waals surface area contributed by atoms with Gasteiger partial charge < -0.3 is 15.8 Å². The van der Waals surface area contributed by atoms with E-state index in [2.05, 4.69) is 10.4 Å². The van der Waals surface area contributed by atoms with E-state index in [0.717, 1.165) is 11.3 Å². The Morgan fingerprint density at radius 3 is 2.71 bits per heavy atom. The Kier molecular flexibility index (Phi) is 5.29. The molecule has 1 amide bonds. The normalized spacial score (nSPS) is 13.6. The monoisotopic (exact) mass is 330 g/mol. The van der Waals surface area contributed by atoms with Crippen LogP contribution in [-0.2, 0) is 0 Å². The first-order chi connectivity index (χ1) is 11.3. The Bertz CT molecular complexity index is 724. The zero-order chi connectivity index (χ0) is 17.9. The van der Waals surface area contributed by atoms with E-state index >= 15 is 0 Å². The van der Waals surface area contributed by atoms with Crippen LogP contribution in [0.25, 0.3) is 5.69 Å². The molecule has 2 aromatic rings. The summed E-state index contributed by atoms with van der Waals surface area (Å²) in [5, 5.41) is 7.38. The zero-order valence-electron chi connectivity index (χ0n) is 15.0. The summed E-state index contributed by atoms with van der Waals surface area (Å²) in [6.07, 6.45) is 1.75. The van der Waals surface area contributed by atoms with Gasteiger partial charge in [-0.2, -0.15) is 5.10 Å². The first-order valence-electron chi connectivity index (χ1n) is 8.04. The van der Waals surface area contributed by atoms with Gasteiger partial charge in [0.2, 0.25) is 0 Å². The number of carbonyl (C=O) groups excluding carboxylic acids is 1. The van der Waals surface area contributed by atoms with E-state index in [1.807, 2.05) is 45.9 Å². The summed E-state index contributed by atoms with van der Waals surface area (Å²) in [5.41, 5.74) is 7.58. The largest absolute Gasteiger partial charge is 0.494 e. The molecule has 1 atom stereocenters. The van der Waals surface area contributed by atoms with E-state index in [-0.39, 0.29) is 11.8 Å². The van der Waals surface area contributed by atoms with Crippen LogP contribution >= 0.6 is 0 Å². The van der Waals surface area contributed by atoms with Crippen LogP contribution in [0.5, 0.6) is 5.75 Å². The van der Waals surface area contributed by atoms with E-state index in [0.29, 0.717) is 18.0 Å². The van der Waals surface area contributed by atoms with Crippen LogP contribution in [0.3, 0.4) is 0 Å². The molecule has 0 aliphatic rings. The molecule has 1 unspecified atom stereocenters. The first kappa shape index (κ1) is 18.0. The highest BCUT2D eigenvalue weighted by Crippen LogP contribution is 2.23. The van der Waals surface area contributed by atoms with Crippen LogP contribution in [-0.4, -0.2) is 34.9 Å². The molecule has 0 aliphatic carbocycles. The van der Waals surface area contributed by atoms with Gasteiger partial charge in [-0.3, -0.25) is 4.79 Å². The number of methoxy groups -OCH3 is 1. The fraction of sp³-hybridized carbons (Fsp3) is 0.444. The van der Waals surface area contributed by atoms with Gasteiger partial charge >= 0.3 is 0 Å². The van der Waals surface area contributed by atoms with Crippen molar-refractivity contribution in [3.63, 3.8) is 0 Å². The molecule has 0 saturated carbocycles. The number of rotatable bonds is 6. The van der Waals surface area contributed by atoms with Gasteiger partial charge in [-0.05, 0) is 43.5 Å². The number of carbonyl (C=O) groups is 1. The van der Waals surface area contributed by atoms with E-state index in [1.54, 1.807) is 24.1 Å². The first-order valence-corrected chi connectivity index (χ1v) is 8.04. The molecule has 0 aliphatic heterocycles. The van der Waals surface area contributed by atoms with Crippen LogP contribution < -0.4 is 15.8 Å². The summed E-state index contributed by atoms with van der Waals surface area (Å²) in [6, 6.07) is 7.51. The van der Waals surface area contributed by atoms with Crippen molar-refractivity contribution in [2.75, 3.05) is 13.7 Å². The van der Waals surface area contributed by atoms with Crippen molar-refractivity contribution in [1.82, 2.24) is 15.1 Å². The molecule has 1 aromatic carbocycles. The average molecular weight is 330 g/mol. The molecule has 2 rings (SSSR count). The number of nitrogens with two attached hydrogens (primary N) is 1.